The molecule has 4 rings (SSSR count). The number of aromatic nitrogens is 3. The molecular weight excluding hydrogens is 365 g/mol. The smallest absolute Gasteiger partial charge is 0.247 e. The number of rotatable bonds is 3. The molecule has 132 valence electrons. The minimum Gasteiger partial charge on any atom is -0.347 e. The third-order valence-electron chi connectivity index (χ3n) is 4.36. The number of piperidine rings is 1. The van der Waals surface area contributed by atoms with Gasteiger partial charge in [-0.2, -0.15) is 10.1 Å². The Kier molecular flexibility index (Phi) is 4.64. The molecule has 2 aromatic rings. The molecule has 2 aliphatic rings. The molecule has 0 atom stereocenters. The number of halogens is 2. The van der Waals surface area contributed by atoms with Gasteiger partial charge in [-0.1, -0.05) is 23.2 Å². The summed E-state index contributed by atoms with van der Waals surface area (Å²) in [5, 5.41) is 12.5. The quantitative estimate of drug-likeness (QED) is 0.874. The fraction of sp³-hybridized carbons (Fsp3) is 0.438. The molecule has 3 heterocycles. The molecular formula is C16H17Cl2N5O2. The highest BCUT2D eigenvalue weighted by atomic mass is 35.5. The van der Waals surface area contributed by atoms with Gasteiger partial charge in [0.1, 0.15) is 0 Å². The molecule has 2 aliphatic heterocycles. The van der Waals surface area contributed by atoms with Crippen LogP contribution in [0, 0.1) is 0 Å². The summed E-state index contributed by atoms with van der Waals surface area (Å²) in [6, 6.07) is 5.20. The van der Waals surface area contributed by atoms with Crippen molar-refractivity contribution in [1.82, 2.24) is 15.2 Å². The van der Waals surface area contributed by atoms with Crippen LogP contribution in [0.5, 0.6) is 0 Å². The monoisotopic (exact) mass is 381 g/mol. The van der Waals surface area contributed by atoms with Crippen molar-refractivity contribution in [3.8, 4) is 0 Å². The van der Waals surface area contributed by atoms with Crippen LogP contribution in [0.4, 0.5) is 17.5 Å². The molecule has 0 radical (unpaired) electrons. The second kappa shape index (κ2) is 6.92. The minimum absolute atomic E-state index is 0.423. The molecule has 0 amide bonds. The van der Waals surface area contributed by atoms with Crippen molar-refractivity contribution in [3.63, 3.8) is 0 Å². The summed E-state index contributed by atoms with van der Waals surface area (Å²) in [7, 11) is 0. The van der Waals surface area contributed by atoms with Crippen molar-refractivity contribution in [2.75, 3.05) is 36.5 Å². The van der Waals surface area contributed by atoms with E-state index in [0.29, 0.717) is 40.7 Å². The lowest BCUT2D eigenvalue weighted by Gasteiger charge is -2.37. The highest BCUT2D eigenvalue weighted by Crippen LogP contribution is 2.33. The van der Waals surface area contributed by atoms with Crippen LogP contribution in [0.15, 0.2) is 24.4 Å². The normalized spacial score (nSPS) is 19.4. The van der Waals surface area contributed by atoms with Gasteiger partial charge in [-0.15, -0.1) is 5.10 Å². The number of hydrogen-bond acceptors (Lipinski definition) is 7. The van der Waals surface area contributed by atoms with E-state index in [1.165, 1.54) is 0 Å². The summed E-state index contributed by atoms with van der Waals surface area (Å²) in [5.74, 6) is 0.701. The maximum atomic E-state index is 6.18. The lowest BCUT2D eigenvalue weighted by Crippen LogP contribution is -2.45. The van der Waals surface area contributed by atoms with E-state index >= 15 is 0 Å². The van der Waals surface area contributed by atoms with Crippen LogP contribution < -0.4 is 10.2 Å². The first kappa shape index (κ1) is 16.8. The SMILES string of the molecule is Clc1ccc(Cl)c(Nc2cnnc(N3CCC4(CC3)OCCO4)n2)c1. The summed E-state index contributed by atoms with van der Waals surface area (Å²) in [4.78, 5) is 6.61. The highest BCUT2D eigenvalue weighted by molar-refractivity contribution is 6.35. The van der Waals surface area contributed by atoms with Gasteiger partial charge >= 0.3 is 0 Å². The van der Waals surface area contributed by atoms with Gasteiger partial charge in [-0.05, 0) is 18.2 Å². The average molecular weight is 382 g/mol. The van der Waals surface area contributed by atoms with E-state index in [9.17, 15) is 0 Å². The maximum absolute atomic E-state index is 6.18. The molecule has 25 heavy (non-hydrogen) atoms. The number of anilines is 3. The van der Waals surface area contributed by atoms with Crippen LogP contribution in [-0.4, -0.2) is 47.3 Å². The molecule has 0 bridgehead atoms. The fourth-order valence-corrected chi connectivity index (χ4v) is 3.39. The lowest BCUT2D eigenvalue weighted by atomic mass is 10.0. The van der Waals surface area contributed by atoms with Crippen molar-refractivity contribution in [2.45, 2.75) is 18.6 Å². The van der Waals surface area contributed by atoms with Gasteiger partial charge in [0.2, 0.25) is 5.95 Å². The van der Waals surface area contributed by atoms with Crippen LogP contribution in [0.25, 0.3) is 0 Å². The van der Waals surface area contributed by atoms with Gasteiger partial charge in [0, 0.05) is 31.0 Å². The Balaban J connectivity index is 1.47. The van der Waals surface area contributed by atoms with Gasteiger partial charge in [0.15, 0.2) is 11.6 Å². The first-order valence-corrected chi connectivity index (χ1v) is 8.84. The predicted molar refractivity (Wildman–Crippen MR) is 95.7 cm³/mol. The zero-order valence-electron chi connectivity index (χ0n) is 13.4. The zero-order chi connectivity index (χ0) is 17.3. The summed E-state index contributed by atoms with van der Waals surface area (Å²) in [5.41, 5.74) is 0.672. The van der Waals surface area contributed by atoms with Crippen molar-refractivity contribution in [1.29, 1.82) is 0 Å². The van der Waals surface area contributed by atoms with Crippen LogP contribution in [-0.2, 0) is 9.47 Å². The molecule has 0 unspecified atom stereocenters. The summed E-state index contributed by atoms with van der Waals surface area (Å²) in [6.07, 6.45) is 3.12. The first-order chi connectivity index (χ1) is 12.1. The Morgan fingerprint density at radius 2 is 1.88 bits per heavy atom. The number of benzene rings is 1. The van der Waals surface area contributed by atoms with Gasteiger partial charge in [-0.3, -0.25) is 0 Å². The van der Waals surface area contributed by atoms with E-state index in [-0.39, 0.29) is 0 Å². The number of ether oxygens (including phenoxy) is 2. The Morgan fingerprint density at radius 1 is 1.12 bits per heavy atom. The second-order valence-electron chi connectivity index (χ2n) is 5.99. The number of nitrogens with zero attached hydrogens (tertiary/aromatic N) is 4. The lowest BCUT2D eigenvalue weighted by molar-refractivity contribution is -0.169. The van der Waals surface area contributed by atoms with Gasteiger partial charge in [0.25, 0.3) is 0 Å². The zero-order valence-corrected chi connectivity index (χ0v) is 14.9. The third-order valence-corrected chi connectivity index (χ3v) is 4.93. The molecule has 0 saturated carbocycles. The maximum Gasteiger partial charge on any atom is 0.247 e. The van der Waals surface area contributed by atoms with Crippen molar-refractivity contribution >= 4 is 40.7 Å². The topological polar surface area (TPSA) is 72.4 Å². The largest absolute Gasteiger partial charge is 0.347 e. The van der Waals surface area contributed by atoms with Crippen molar-refractivity contribution in [2.24, 2.45) is 0 Å². The van der Waals surface area contributed by atoms with Crippen LogP contribution in [0.1, 0.15) is 12.8 Å². The molecule has 1 spiro atoms. The molecule has 9 heteroatoms. The summed E-state index contributed by atoms with van der Waals surface area (Å²) >= 11 is 12.2. The molecule has 1 aromatic carbocycles. The molecule has 2 fully saturated rings. The van der Waals surface area contributed by atoms with E-state index < -0.39 is 5.79 Å². The minimum atomic E-state index is -0.423. The van der Waals surface area contributed by atoms with Crippen LogP contribution >= 0.6 is 23.2 Å². The van der Waals surface area contributed by atoms with Gasteiger partial charge in [-0.25, -0.2) is 0 Å². The Hall–Kier alpha value is -1.67. The van der Waals surface area contributed by atoms with Crippen LogP contribution in [0.2, 0.25) is 10.0 Å². The Labute approximate surface area is 155 Å². The van der Waals surface area contributed by atoms with E-state index in [0.717, 1.165) is 25.9 Å². The van der Waals surface area contributed by atoms with Gasteiger partial charge in [0.05, 0.1) is 30.1 Å². The number of hydrogen-bond donors (Lipinski definition) is 1. The third kappa shape index (κ3) is 3.64. The van der Waals surface area contributed by atoms with E-state index in [1.54, 1.807) is 24.4 Å². The average Bonchev–Trinajstić information content (AvgIpc) is 3.07. The molecule has 0 aliphatic carbocycles. The summed E-state index contributed by atoms with van der Waals surface area (Å²) < 4.78 is 11.5. The molecule has 1 aromatic heterocycles. The van der Waals surface area contributed by atoms with E-state index in [1.807, 2.05) is 0 Å². The van der Waals surface area contributed by atoms with Crippen LogP contribution in [0.3, 0.4) is 0 Å². The van der Waals surface area contributed by atoms with E-state index in [2.05, 4.69) is 25.4 Å². The number of nitrogens with one attached hydrogen (secondary N) is 1. The standard InChI is InChI=1S/C16H17Cl2N5O2/c17-11-1-2-12(18)13(9-11)20-14-10-19-22-15(21-14)23-5-3-16(4-6-23)24-7-8-25-16/h1-2,9-10H,3-8H2,(H,20,21,22). The summed E-state index contributed by atoms with van der Waals surface area (Å²) in [6.45, 7) is 2.84. The Morgan fingerprint density at radius 3 is 2.64 bits per heavy atom. The van der Waals surface area contributed by atoms with E-state index in [4.69, 9.17) is 32.7 Å². The Bertz CT molecular complexity index is 760. The first-order valence-electron chi connectivity index (χ1n) is 8.08. The second-order valence-corrected chi connectivity index (χ2v) is 6.83. The molecule has 2 saturated heterocycles. The van der Waals surface area contributed by atoms with Crippen molar-refractivity contribution < 1.29 is 9.47 Å². The molecule has 1 N–H and O–H groups in total. The molecule has 7 nitrogen and oxygen atoms in total. The highest BCUT2D eigenvalue weighted by Gasteiger charge is 2.40. The van der Waals surface area contributed by atoms with Crippen molar-refractivity contribution in [3.05, 3.63) is 34.4 Å². The fourth-order valence-electron chi connectivity index (χ4n) is 3.05. The predicted octanol–water partition coefficient (Wildman–Crippen LogP) is 3.27. The van der Waals surface area contributed by atoms with Gasteiger partial charge < -0.3 is 19.7 Å².